The summed E-state index contributed by atoms with van der Waals surface area (Å²) in [5.74, 6) is 0.115. The van der Waals surface area contributed by atoms with Gasteiger partial charge in [0.05, 0.1) is 24.7 Å². The minimum absolute atomic E-state index is 0.131. The van der Waals surface area contributed by atoms with E-state index in [1.165, 1.54) is 17.9 Å². The number of aromatic carboxylic acids is 1. The van der Waals surface area contributed by atoms with E-state index < -0.39 is 5.97 Å². The molecule has 3 aromatic heterocycles. The second kappa shape index (κ2) is 8.39. The zero-order valence-corrected chi connectivity index (χ0v) is 16.0. The molecule has 0 aliphatic carbocycles. The fraction of sp³-hybridized carbons (Fsp3) is 0.0952. The van der Waals surface area contributed by atoms with Gasteiger partial charge in [0.2, 0.25) is 5.88 Å². The summed E-state index contributed by atoms with van der Waals surface area (Å²) in [6, 6.07) is 18.0. The molecular formula is C21H17N5O4. The Morgan fingerprint density at radius 3 is 2.53 bits per heavy atom. The van der Waals surface area contributed by atoms with Gasteiger partial charge in [-0.05, 0) is 23.8 Å². The molecule has 0 saturated heterocycles. The summed E-state index contributed by atoms with van der Waals surface area (Å²) in [6.45, 7) is 0.421. The molecule has 1 N–H and O–H groups in total. The van der Waals surface area contributed by atoms with Crippen LogP contribution in [0.2, 0.25) is 0 Å². The molecule has 9 nitrogen and oxygen atoms in total. The van der Waals surface area contributed by atoms with E-state index in [9.17, 15) is 9.90 Å². The normalized spacial score (nSPS) is 10.6. The highest BCUT2D eigenvalue weighted by atomic mass is 16.5. The second-order valence-corrected chi connectivity index (χ2v) is 6.22. The van der Waals surface area contributed by atoms with Crippen molar-refractivity contribution in [1.82, 2.24) is 25.0 Å². The van der Waals surface area contributed by atoms with Gasteiger partial charge >= 0.3 is 5.97 Å². The van der Waals surface area contributed by atoms with Gasteiger partial charge in [-0.1, -0.05) is 30.3 Å². The van der Waals surface area contributed by atoms with E-state index in [0.29, 0.717) is 35.4 Å². The predicted octanol–water partition coefficient (Wildman–Crippen LogP) is 3.01. The number of hydrogen-bond donors (Lipinski definition) is 1. The van der Waals surface area contributed by atoms with Crippen molar-refractivity contribution in [2.75, 3.05) is 7.11 Å². The fourth-order valence-corrected chi connectivity index (χ4v) is 2.74. The topological polar surface area (TPSA) is 112 Å². The third-order valence-corrected chi connectivity index (χ3v) is 4.23. The molecule has 0 bridgehead atoms. The zero-order valence-electron chi connectivity index (χ0n) is 16.0. The van der Waals surface area contributed by atoms with Crippen molar-refractivity contribution < 1.29 is 19.4 Å². The number of carboxylic acid groups (broad SMARTS) is 1. The molecule has 4 aromatic rings. The van der Waals surface area contributed by atoms with Crippen molar-refractivity contribution in [2.45, 2.75) is 6.61 Å². The summed E-state index contributed by atoms with van der Waals surface area (Å²) in [4.78, 5) is 15.8. The lowest BCUT2D eigenvalue weighted by molar-refractivity contribution is 0.0690. The molecule has 0 aliphatic rings. The van der Waals surface area contributed by atoms with Crippen LogP contribution in [0.25, 0.3) is 17.2 Å². The largest absolute Gasteiger partial charge is 0.487 e. The van der Waals surface area contributed by atoms with Gasteiger partial charge in [-0.3, -0.25) is 4.98 Å². The Morgan fingerprint density at radius 1 is 1.07 bits per heavy atom. The molecule has 0 fully saturated rings. The molecule has 0 atom stereocenters. The zero-order chi connectivity index (χ0) is 20.9. The number of carbonyl (C=O) groups is 1. The summed E-state index contributed by atoms with van der Waals surface area (Å²) >= 11 is 0. The van der Waals surface area contributed by atoms with Crippen LogP contribution in [-0.4, -0.2) is 43.1 Å². The number of aromatic nitrogens is 5. The Hall–Kier alpha value is -4.27. The SMILES string of the molecule is COc1ccc(-n2nc(C(=O)O)cc2-c2ccc(OCc3ccccc3)cn2)nn1. The van der Waals surface area contributed by atoms with Crippen LogP contribution < -0.4 is 9.47 Å². The number of carboxylic acids is 1. The Morgan fingerprint density at radius 2 is 1.90 bits per heavy atom. The van der Waals surface area contributed by atoms with E-state index in [0.717, 1.165) is 5.56 Å². The van der Waals surface area contributed by atoms with Crippen LogP contribution >= 0.6 is 0 Å². The van der Waals surface area contributed by atoms with Crippen molar-refractivity contribution in [3.05, 3.63) is 78.1 Å². The third-order valence-electron chi connectivity index (χ3n) is 4.23. The van der Waals surface area contributed by atoms with Crippen LogP contribution in [0.15, 0.2) is 66.9 Å². The van der Waals surface area contributed by atoms with Gasteiger partial charge in [0.15, 0.2) is 11.5 Å². The number of nitrogens with zero attached hydrogens (tertiary/aromatic N) is 5. The highest BCUT2D eigenvalue weighted by molar-refractivity contribution is 5.87. The molecule has 150 valence electrons. The van der Waals surface area contributed by atoms with Crippen LogP contribution in [0.3, 0.4) is 0 Å². The maximum atomic E-state index is 11.4. The molecule has 0 saturated carbocycles. The lowest BCUT2D eigenvalue weighted by Crippen LogP contribution is -2.06. The lowest BCUT2D eigenvalue weighted by Gasteiger charge is -2.08. The lowest BCUT2D eigenvalue weighted by atomic mass is 10.2. The summed E-state index contributed by atoms with van der Waals surface area (Å²) in [7, 11) is 1.48. The first-order valence-electron chi connectivity index (χ1n) is 8.98. The van der Waals surface area contributed by atoms with E-state index >= 15 is 0 Å². The first-order valence-corrected chi connectivity index (χ1v) is 8.98. The smallest absolute Gasteiger partial charge is 0.356 e. The van der Waals surface area contributed by atoms with Gasteiger partial charge in [-0.15, -0.1) is 10.2 Å². The van der Waals surface area contributed by atoms with Crippen molar-refractivity contribution in [3.8, 4) is 28.8 Å². The molecule has 0 aliphatic heterocycles. The summed E-state index contributed by atoms with van der Waals surface area (Å²) < 4.78 is 12.1. The second-order valence-electron chi connectivity index (χ2n) is 6.22. The summed E-state index contributed by atoms with van der Waals surface area (Å²) in [6.07, 6.45) is 1.58. The van der Waals surface area contributed by atoms with E-state index in [2.05, 4.69) is 20.3 Å². The molecule has 0 radical (unpaired) electrons. The van der Waals surface area contributed by atoms with Crippen molar-refractivity contribution >= 4 is 5.97 Å². The summed E-state index contributed by atoms with van der Waals surface area (Å²) in [5, 5.41) is 21.4. The first kappa shape index (κ1) is 19.1. The van der Waals surface area contributed by atoms with Crippen molar-refractivity contribution in [3.63, 3.8) is 0 Å². The maximum Gasteiger partial charge on any atom is 0.356 e. The van der Waals surface area contributed by atoms with E-state index in [1.54, 1.807) is 30.5 Å². The minimum Gasteiger partial charge on any atom is -0.487 e. The highest BCUT2D eigenvalue weighted by Gasteiger charge is 2.18. The predicted molar refractivity (Wildman–Crippen MR) is 107 cm³/mol. The average Bonchev–Trinajstić information content (AvgIpc) is 3.25. The number of hydrogen-bond acceptors (Lipinski definition) is 7. The standard InChI is InChI=1S/C21H17N5O4/c1-29-20-10-9-19(23-24-20)26-18(11-17(25-26)21(27)28)16-8-7-15(12-22-16)30-13-14-5-3-2-4-6-14/h2-12H,13H2,1H3,(H,27,28). The van der Waals surface area contributed by atoms with Crippen molar-refractivity contribution in [2.24, 2.45) is 0 Å². The van der Waals surface area contributed by atoms with Crippen LogP contribution in [0.4, 0.5) is 0 Å². The molecule has 0 amide bonds. The number of methoxy groups -OCH3 is 1. The molecule has 30 heavy (non-hydrogen) atoms. The van der Waals surface area contributed by atoms with Crippen LogP contribution in [0.5, 0.6) is 11.6 Å². The molecule has 0 spiro atoms. The van der Waals surface area contributed by atoms with Gasteiger partial charge < -0.3 is 14.6 Å². The average molecular weight is 403 g/mol. The van der Waals surface area contributed by atoms with E-state index in [-0.39, 0.29) is 5.69 Å². The first-order chi connectivity index (χ1) is 14.6. The molecule has 3 heterocycles. The van der Waals surface area contributed by atoms with Crippen LogP contribution in [0, 0.1) is 0 Å². The molecular weight excluding hydrogens is 386 g/mol. The van der Waals surface area contributed by atoms with Gasteiger partial charge in [-0.2, -0.15) is 5.10 Å². The molecule has 0 unspecified atom stereocenters. The molecule has 1 aromatic carbocycles. The Kier molecular flexibility index (Phi) is 5.33. The van der Waals surface area contributed by atoms with Gasteiger partial charge in [0, 0.05) is 12.1 Å². The maximum absolute atomic E-state index is 11.4. The van der Waals surface area contributed by atoms with E-state index in [1.807, 2.05) is 30.3 Å². The fourth-order valence-electron chi connectivity index (χ4n) is 2.74. The summed E-state index contributed by atoms with van der Waals surface area (Å²) in [5.41, 5.74) is 1.89. The van der Waals surface area contributed by atoms with E-state index in [4.69, 9.17) is 9.47 Å². The van der Waals surface area contributed by atoms with Crippen molar-refractivity contribution in [1.29, 1.82) is 0 Å². The minimum atomic E-state index is -1.15. The Bertz CT molecular complexity index is 1140. The number of benzene rings is 1. The third kappa shape index (κ3) is 4.09. The number of rotatable bonds is 7. The molecule has 9 heteroatoms. The monoisotopic (exact) mass is 403 g/mol. The van der Waals surface area contributed by atoms with Gasteiger partial charge in [0.1, 0.15) is 12.4 Å². The number of pyridine rings is 1. The van der Waals surface area contributed by atoms with Crippen LogP contribution in [0.1, 0.15) is 16.1 Å². The highest BCUT2D eigenvalue weighted by Crippen LogP contribution is 2.24. The number of ether oxygens (including phenoxy) is 2. The quantitative estimate of drug-likeness (QED) is 0.501. The van der Waals surface area contributed by atoms with Crippen LogP contribution in [-0.2, 0) is 6.61 Å². The molecule has 4 rings (SSSR count). The van der Waals surface area contributed by atoms with Gasteiger partial charge in [-0.25, -0.2) is 9.48 Å². The Balaban J connectivity index is 1.61. The van der Waals surface area contributed by atoms with Gasteiger partial charge in [0.25, 0.3) is 0 Å². The Labute approximate surface area is 171 Å².